The summed E-state index contributed by atoms with van der Waals surface area (Å²) in [5, 5.41) is 10.0. The maximum absolute atomic E-state index is 13.4. The van der Waals surface area contributed by atoms with Crippen LogP contribution in [0.1, 0.15) is 82.9 Å². The molecule has 6 rings (SSSR count). The molecule has 0 unspecified atom stereocenters. The van der Waals surface area contributed by atoms with Crippen molar-refractivity contribution >= 4 is 55.3 Å². The molecule has 5 N–H and O–H groups in total. The summed E-state index contributed by atoms with van der Waals surface area (Å²) in [5.74, 6) is 1.000. The minimum Gasteiger partial charge on any atom is -0.365 e. The van der Waals surface area contributed by atoms with Gasteiger partial charge in [-0.25, -0.2) is 18.4 Å². The molecule has 0 aromatic carbocycles. The standard InChI is InChI=1S/C27H40N10O3S2/c1-16-25(41-27(30-16)31-17(2)38)42(39,40)36-13-11-20(12-14-36)32-23-22-24(37(15-29-22)21-5-3-4-6-21)35-26(34-23)33-19-9-7-18(28)8-10-19/h15,18-21H,3-14,28H2,1-2H3,(H,30,31,38)(H2,32,33,34,35)/t18-,19-. The molecule has 3 aliphatic rings. The van der Waals surface area contributed by atoms with Crippen LogP contribution in [0.5, 0.6) is 0 Å². The van der Waals surface area contributed by atoms with Gasteiger partial charge in [-0.1, -0.05) is 24.2 Å². The molecule has 1 amide bonds. The first-order valence-electron chi connectivity index (χ1n) is 15.0. The molecule has 3 aromatic rings. The van der Waals surface area contributed by atoms with Gasteiger partial charge in [0.1, 0.15) is 0 Å². The van der Waals surface area contributed by atoms with Crippen molar-refractivity contribution in [2.24, 2.45) is 5.73 Å². The van der Waals surface area contributed by atoms with E-state index in [-0.39, 0.29) is 28.2 Å². The highest BCUT2D eigenvalue weighted by atomic mass is 32.2. The maximum Gasteiger partial charge on any atom is 0.254 e. The summed E-state index contributed by atoms with van der Waals surface area (Å²) >= 11 is 0.992. The van der Waals surface area contributed by atoms with E-state index in [2.05, 4.69) is 25.5 Å². The molecule has 2 saturated carbocycles. The van der Waals surface area contributed by atoms with Crippen LogP contribution in [0.15, 0.2) is 10.5 Å². The summed E-state index contributed by atoms with van der Waals surface area (Å²) in [5.41, 5.74) is 8.11. The quantitative estimate of drug-likeness (QED) is 0.293. The van der Waals surface area contributed by atoms with Gasteiger partial charge >= 0.3 is 0 Å². The van der Waals surface area contributed by atoms with Gasteiger partial charge in [-0.05, 0) is 58.3 Å². The lowest BCUT2D eigenvalue weighted by molar-refractivity contribution is -0.114. The minimum absolute atomic E-state index is 0.0317. The summed E-state index contributed by atoms with van der Waals surface area (Å²) in [6.45, 7) is 3.76. The van der Waals surface area contributed by atoms with Crippen LogP contribution in [-0.2, 0) is 14.8 Å². The average molecular weight is 617 g/mol. The Balaban J connectivity index is 1.19. The lowest BCUT2D eigenvalue weighted by atomic mass is 9.92. The van der Waals surface area contributed by atoms with Gasteiger partial charge in [-0.15, -0.1) is 0 Å². The van der Waals surface area contributed by atoms with Crippen LogP contribution in [-0.4, -0.2) is 74.3 Å². The normalized spacial score (nSPS) is 22.9. The number of hydrogen-bond acceptors (Lipinski definition) is 11. The summed E-state index contributed by atoms with van der Waals surface area (Å²) in [6.07, 6.45) is 11.8. The molecular weight excluding hydrogens is 576 g/mol. The first-order valence-corrected chi connectivity index (χ1v) is 17.2. The average Bonchev–Trinajstić information content (AvgIpc) is 3.70. The zero-order valence-corrected chi connectivity index (χ0v) is 25.8. The number of thiazole rings is 1. The number of rotatable bonds is 8. The lowest BCUT2D eigenvalue weighted by Crippen LogP contribution is -2.42. The maximum atomic E-state index is 13.4. The highest BCUT2D eigenvalue weighted by Crippen LogP contribution is 2.35. The van der Waals surface area contributed by atoms with Gasteiger partial charge in [0.05, 0.1) is 12.0 Å². The van der Waals surface area contributed by atoms with Gasteiger partial charge in [0.15, 0.2) is 26.3 Å². The topological polar surface area (TPSA) is 173 Å². The molecule has 15 heteroatoms. The fourth-order valence-electron chi connectivity index (χ4n) is 6.35. The third kappa shape index (κ3) is 6.10. The van der Waals surface area contributed by atoms with E-state index in [0.29, 0.717) is 54.6 Å². The number of sulfonamides is 1. The van der Waals surface area contributed by atoms with Gasteiger partial charge < -0.3 is 26.3 Å². The van der Waals surface area contributed by atoms with Crippen molar-refractivity contribution in [2.75, 3.05) is 29.0 Å². The number of carbonyl (C=O) groups excluding carboxylic acids is 1. The Morgan fingerprint density at radius 1 is 0.976 bits per heavy atom. The van der Waals surface area contributed by atoms with Gasteiger partial charge in [0.2, 0.25) is 11.9 Å². The number of fused-ring (bicyclic) bond motifs is 1. The third-order valence-electron chi connectivity index (χ3n) is 8.65. The Morgan fingerprint density at radius 2 is 1.67 bits per heavy atom. The zero-order valence-electron chi connectivity index (χ0n) is 24.2. The van der Waals surface area contributed by atoms with E-state index < -0.39 is 10.0 Å². The van der Waals surface area contributed by atoms with Crippen LogP contribution in [0.4, 0.5) is 16.9 Å². The molecule has 0 atom stereocenters. The molecule has 228 valence electrons. The number of nitrogens with two attached hydrogens (primary N) is 1. The molecule has 1 aliphatic heterocycles. The van der Waals surface area contributed by atoms with Crippen molar-refractivity contribution in [3.63, 3.8) is 0 Å². The summed E-state index contributed by atoms with van der Waals surface area (Å²) in [6, 6.07) is 0.978. The Labute approximate surface area is 250 Å². The highest BCUT2D eigenvalue weighted by Gasteiger charge is 2.33. The fourth-order valence-corrected chi connectivity index (χ4v) is 9.42. The predicted molar refractivity (Wildman–Crippen MR) is 163 cm³/mol. The number of anilines is 3. The van der Waals surface area contributed by atoms with E-state index in [1.807, 2.05) is 6.33 Å². The van der Waals surface area contributed by atoms with E-state index in [1.165, 1.54) is 24.1 Å². The Morgan fingerprint density at radius 3 is 2.36 bits per heavy atom. The predicted octanol–water partition coefficient (Wildman–Crippen LogP) is 3.61. The molecule has 1 saturated heterocycles. The molecular formula is C27H40N10O3S2. The molecule has 13 nitrogen and oxygen atoms in total. The van der Waals surface area contributed by atoms with Crippen molar-refractivity contribution < 1.29 is 13.2 Å². The van der Waals surface area contributed by atoms with Crippen LogP contribution in [0.25, 0.3) is 11.2 Å². The number of carbonyl (C=O) groups is 1. The SMILES string of the molecule is CC(=O)Nc1nc(C)c(S(=O)(=O)N2CCC(Nc3nc(N[C@H]4CC[C@H](N)CC4)nc4c3ncn4C3CCCC3)CC2)s1. The Kier molecular flexibility index (Phi) is 8.35. The summed E-state index contributed by atoms with van der Waals surface area (Å²) < 4.78 is 30.8. The Bertz CT molecular complexity index is 1530. The number of hydrogen-bond donors (Lipinski definition) is 4. The number of piperidine rings is 1. The fraction of sp³-hybridized carbons (Fsp3) is 0.667. The van der Waals surface area contributed by atoms with Crippen LogP contribution >= 0.6 is 11.3 Å². The monoisotopic (exact) mass is 616 g/mol. The number of amides is 1. The molecule has 42 heavy (non-hydrogen) atoms. The van der Waals surface area contributed by atoms with Gasteiger partial charge in [0.25, 0.3) is 10.0 Å². The van der Waals surface area contributed by atoms with Crippen LogP contribution in [0.2, 0.25) is 0 Å². The number of aromatic nitrogens is 5. The molecule has 4 heterocycles. The summed E-state index contributed by atoms with van der Waals surface area (Å²) in [4.78, 5) is 30.2. The third-order valence-corrected chi connectivity index (χ3v) is 12.2. The molecule has 2 aliphatic carbocycles. The number of aryl methyl sites for hydroxylation is 1. The molecule has 0 spiro atoms. The zero-order chi connectivity index (χ0) is 29.4. The van der Waals surface area contributed by atoms with Gasteiger partial charge in [-0.2, -0.15) is 14.3 Å². The number of nitrogens with one attached hydrogen (secondary N) is 3. The van der Waals surface area contributed by atoms with E-state index in [4.69, 9.17) is 20.7 Å². The second-order valence-corrected chi connectivity index (χ2v) is 14.9. The molecule has 0 bridgehead atoms. The van der Waals surface area contributed by atoms with Gasteiger partial charge in [0, 0.05) is 44.2 Å². The summed E-state index contributed by atoms with van der Waals surface area (Å²) in [7, 11) is -3.72. The van der Waals surface area contributed by atoms with E-state index >= 15 is 0 Å². The second kappa shape index (κ2) is 12.0. The van der Waals surface area contributed by atoms with E-state index in [9.17, 15) is 13.2 Å². The van der Waals surface area contributed by atoms with Gasteiger partial charge in [-0.3, -0.25) is 4.79 Å². The van der Waals surface area contributed by atoms with Crippen molar-refractivity contribution in [3.05, 3.63) is 12.0 Å². The first-order chi connectivity index (χ1) is 20.2. The van der Waals surface area contributed by atoms with Crippen LogP contribution < -0.4 is 21.7 Å². The molecule has 3 fully saturated rings. The lowest BCUT2D eigenvalue weighted by Gasteiger charge is -2.31. The van der Waals surface area contributed by atoms with E-state index in [0.717, 1.165) is 61.0 Å². The Hall–Kier alpha value is -2.88. The van der Waals surface area contributed by atoms with E-state index in [1.54, 1.807) is 6.92 Å². The van der Waals surface area contributed by atoms with Crippen molar-refractivity contribution in [3.8, 4) is 0 Å². The largest absolute Gasteiger partial charge is 0.365 e. The molecule has 3 aromatic heterocycles. The highest BCUT2D eigenvalue weighted by molar-refractivity contribution is 7.91. The van der Waals surface area contributed by atoms with Crippen molar-refractivity contribution in [1.29, 1.82) is 0 Å². The second-order valence-electron chi connectivity index (χ2n) is 11.8. The van der Waals surface area contributed by atoms with Crippen LogP contribution in [0, 0.1) is 6.92 Å². The molecule has 0 radical (unpaired) electrons. The smallest absolute Gasteiger partial charge is 0.254 e. The number of nitrogens with zero attached hydrogens (tertiary/aromatic N) is 6. The van der Waals surface area contributed by atoms with Crippen molar-refractivity contribution in [2.45, 2.75) is 106 Å². The first kappa shape index (κ1) is 29.2. The number of imidazole rings is 1. The van der Waals surface area contributed by atoms with Crippen molar-refractivity contribution in [1.82, 2.24) is 28.8 Å². The van der Waals surface area contributed by atoms with Crippen LogP contribution in [0.3, 0.4) is 0 Å². The minimum atomic E-state index is -3.72.